The average Bonchev–Trinajstić information content (AvgIpc) is 2.89. The van der Waals surface area contributed by atoms with Crippen molar-refractivity contribution in [1.29, 1.82) is 0 Å². The van der Waals surface area contributed by atoms with Crippen LogP contribution >= 0.6 is 0 Å². The number of nitrogens with one attached hydrogen (secondary N) is 1. The average molecular weight is 216 g/mol. The van der Waals surface area contributed by atoms with Crippen molar-refractivity contribution >= 4 is 6.02 Å². The molecule has 0 amide bonds. The number of rotatable bonds is 1. The fourth-order valence-corrected chi connectivity index (χ4v) is 2.47. The summed E-state index contributed by atoms with van der Waals surface area (Å²) in [4.78, 5) is 4.27. The van der Waals surface area contributed by atoms with E-state index in [1.807, 2.05) is 0 Å². The molecule has 0 radical (unpaired) electrons. The van der Waals surface area contributed by atoms with Crippen LogP contribution in [0.4, 0.5) is 0 Å². The van der Waals surface area contributed by atoms with Crippen LogP contribution in [0, 0.1) is 6.92 Å². The number of hydrogen-bond acceptors (Lipinski definition) is 3. The van der Waals surface area contributed by atoms with E-state index in [1.54, 1.807) is 0 Å². The molecule has 0 bridgehead atoms. The van der Waals surface area contributed by atoms with Crippen molar-refractivity contribution < 1.29 is 4.74 Å². The molecule has 1 heterocycles. The second-order valence-electron chi connectivity index (χ2n) is 4.47. The summed E-state index contributed by atoms with van der Waals surface area (Å²) in [5.74, 6) is 0. The maximum Gasteiger partial charge on any atom is 0.285 e. The van der Waals surface area contributed by atoms with Gasteiger partial charge in [0.2, 0.25) is 0 Å². The van der Waals surface area contributed by atoms with Gasteiger partial charge in [0.15, 0.2) is 0 Å². The highest BCUT2D eigenvalue weighted by Crippen LogP contribution is 2.31. The van der Waals surface area contributed by atoms with Gasteiger partial charge in [-0.15, -0.1) is 0 Å². The molecule has 1 aromatic rings. The molecule has 1 aliphatic heterocycles. The molecule has 1 aliphatic carbocycles. The molecule has 1 N–H and O–H groups in total. The zero-order valence-corrected chi connectivity index (χ0v) is 9.49. The number of hydrogen-bond donors (Lipinski definition) is 1. The van der Waals surface area contributed by atoms with Gasteiger partial charge >= 0.3 is 0 Å². The summed E-state index contributed by atoms with van der Waals surface area (Å²) in [5, 5.41) is 3.38. The van der Waals surface area contributed by atoms with E-state index in [-0.39, 0.29) is 0 Å². The zero-order valence-electron chi connectivity index (χ0n) is 9.49. The minimum absolute atomic E-state index is 0.382. The first kappa shape index (κ1) is 9.70. The largest absolute Gasteiger partial charge is 0.463 e. The topological polar surface area (TPSA) is 33.6 Å². The lowest BCUT2D eigenvalue weighted by Gasteiger charge is -2.14. The highest BCUT2D eigenvalue weighted by atomic mass is 16.5. The Balaban J connectivity index is 1.80. The van der Waals surface area contributed by atoms with Crippen molar-refractivity contribution in [3.63, 3.8) is 0 Å². The summed E-state index contributed by atoms with van der Waals surface area (Å²) in [6, 6.07) is 7.79. The summed E-state index contributed by atoms with van der Waals surface area (Å²) < 4.78 is 5.39. The van der Waals surface area contributed by atoms with Gasteiger partial charge in [-0.05, 0) is 30.9 Å². The first-order chi connectivity index (χ1) is 7.83. The van der Waals surface area contributed by atoms with Crippen LogP contribution in [0.5, 0.6) is 0 Å². The van der Waals surface area contributed by atoms with E-state index < -0.39 is 0 Å². The third-order valence-electron chi connectivity index (χ3n) is 3.26. The monoisotopic (exact) mass is 216 g/mol. The lowest BCUT2D eigenvalue weighted by atomic mass is 10.1. The molecule has 3 nitrogen and oxygen atoms in total. The Kier molecular flexibility index (Phi) is 2.31. The molecule has 0 fully saturated rings. The number of aryl methyl sites for hydroxylation is 2. The molecule has 0 saturated carbocycles. The molecule has 2 aliphatic rings. The summed E-state index contributed by atoms with van der Waals surface area (Å²) in [6.45, 7) is 3.65. The van der Waals surface area contributed by atoms with Crippen LogP contribution in [0.25, 0.3) is 0 Å². The number of aliphatic imine (C=N–C) groups is 1. The number of fused-ring (bicyclic) bond motifs is 1. The molecule has 0 spiro atoms. The van der Waals surface area contributed by atoms with Crippen molar-refractivity contribution in [1.82, 2.24) is 5.32 Å². The lowest BCUT2D eigenvalue weighted by molar-refractivity contribution is 0.325. The van der Waals surface area contributed by atoms with Gasteiger partial charge in [-0.25, -0.2) is 4.99 Å². The van der Waals surface area contributed by atoms with Gasteiger partial charge in [0.05, 0.1) is 12.6 Å². The van der Waals surface area contributed by atoms with Crippen LogP contribution in [0.1, 0.15) is 29.2 Å². The third kappa shape index (κ3) is 1.66. The standard InChI is InChI=1S/C13H16N2O/c1-9-2-4-11-10(8-9)3-5-12(11)15-13-14-6-7-16-13/h2,4,8,12H,3,5-7H2,1H3,(H,14,15). The highest BCUT2D eigenvalue weighted by Gasteiger charge is 2.24. The zero-order chi connectivity index (χ0) is 11.0. The Morgan fingerprint density at radius 1 is 1.44 bits per heavy atom. The van der Waals surface area contributed by atoms with E-state index in [1.165, 1.54) is 16.7 Å². The smallest absolute Gasteiger partial charge is 0.285 e. The number of nitrogens with zero attached hydrogens (tertiary/aromatic N) is 1. The maximum atomic E-state index is 5.39. The van der Waals surface area contributed by atoms with Crippen molar-refractivity contribution in [3.05, 3.63) is 34.9 Å². The van der Waals surface area contributed by atoms with Gasteiger partial charge in [0, 0.05) is 0 Å². The van der Waals surface area contributed by atoms with Crippen LogP contribution in [-0.2, 0) is 11.2 Å². The fraction of sp³-hybridized carbons (Fsp3) is 0.462. The number of benzene rings is 1. The fourth-order valence-electron chi connectivity index (χ4n) is 2.47. The molecule has 84 valence electrons. The summed E-state index contributed by atoms with van der Waals surface area (Å²) in [6.07, 6.45) is 2.29. The molecule has 1 unspecified atom stereocenters. The Morgan fingerprint density at radius 3 is 3.19 bits per heavy atom. The Bertz CT molecular complexity index is 440. The molecule has 16 heavy (non-hydrogen) atoms. The lowest BCUT2D eigenvalue weighted by Crippen LogP contribution is -2.27. The van der Waals surface area contributed by atoms with Crippen LogP contribution in [0.2, 0.25) is 0 Å². The third-order valence-corrected chi connectivity index (χ3v) is 3.26. The Morgan fingerprint density at radius 2 is 2.38 bits per heavy atom. The predicted octanol–water partition coefficient (Wildman–Crippen LogP) is 1.96. The Hall–Kier alpha value is -1.51. The quantitative estimate of drug-likeness (QED) is 0.778. The van der Waals surface area contributed by atoms with Gasteiger partial charge in [-0.2, -0.15) is 0 Å². The second-order valence-corrected chi connectivity index (χ2v) is 4.47. The van der Waals surface area contributed by atoms with Crippen molar-refractivity contribution in [2.45, 2.75) is 25.8 Å². The van der Waals surface area contributed by atoms with Gasteiger partial charge in [-0.3, -0.25) is 0 Å². The predicted molar refractivity (Wildman–Crippen MR) is 63.6 cm³/mol. The summed E-state index contributed by atoms with van der Waals surface area (Å²) >= 11 is 0. The maximum absolute atomic E-state index is 5.39. The van der Waals surface area contributed by atoms with Gasteiger partial charge in [0.1, 0.15) is 6.61 Å². The first-order valence-corrected chi connectivity index (χ1v) is 5.86. The van der Waals surface area contributed by atoms with Crippen LogP contribution in [0.15, 0.2) is 23.2 Å². The molecule has 3 rings (SSSR count). The van der Waals surface area contributed by atoms with E-state index in [0.717, 1.165) is 32.0 Å². The van der Waals surface area contributed by atoms with E-state index in [9.17, 15) is 0 Å². The number of ether oxygens (including phenoxy) is 1. The van der Waals surface area contributed by atoms with Crippen molar-refractivity contribution in [2.75, 3.05) is 13.2 Å². The molecule has 1 atom stereocenters. The van der Waals surface area contributed by atoms with E-state index in [4.69, 9.17) is 4.74 Å². The highest BCUT2D eigenvalue weighted by molar-refractivity contribution is 5.75. The van der Waals surface area contributed by atoms with Crippen LogP contribution < -0.4 is 5.32 Å². The van der Waals surface area contributed by atoms with Gasteiger partial charge in [-0.1, -0.05) is 23.8 Å². The molecule has 1 aromatic carbocycles. The summed E-state index contributed by atoms with van der Waals surface area (Å²) in [7, 11) is 0. The first-order valence-electron chi connectivity index (χ1n) is 5.86. The summed E-state index contributed by atoms with van der Waals surface area (Å²) in [5.41, 5.74) is 4.22. The van der Waals surface area contributed by atoms with E-state index in [2.05, 4.69) is 35.4 Å². The molecular formula is C13H16N2O. The molecular weight excluding hydrogens is 200 g/mol. The number of amidine groups is 1. The van der Waals surface area contributed by atoms with E-state index in [0.29, 0.717) is 6.04 Å². The van der Waals surface area contributed by atoms with Gasteiger partial charge in [0.25, 0.3) is 6.02 Å². The van der Waals surface area contributed by atoms with Crippen LogP contribution in [-0.4, -0.2) is 19.2 Å². The van der Waals surface area contributed by atoms with E-state index >= 15 is 0 Å². The second kappa shape index (κ2) is 3.81. The van der Waals surface area contributed by atoms with Crippen molar-refractivity contribution in [2.24, 2.45) is 4.99 Å². The Labute approximate surface area is 95.5 Å². The minimum atomic E-state index is 0.382. The minimum Gasteiger partial charge on any atom is -0.463 e. The van der Waals surface area contributed by atoms with Crippen LogP contribution in [0.3, 0.4) is 0 Å². The SMILES string of the molecule is Cc1ccc2c(c1)CCC2NC1=NCCO1. The molecule has 0 saturated heterocycles. The van der Waals surface area contributed by atoms with Crippen molar-refractivity contribution in [3.8, 4) is 0 Å². The molecule has 3 heteroatoms. The normalized spacial score (nSPS) is 22.6. The van der Waals surface area contributed by atoms with Gasteiger partial charge < -0.3 is 10.1 Å². The molecule has 0 aromatic heterocycles.